The van der Waals surface area contributed by atoms with E-state index >= 15 is 0 Å². The summed E-state index contributed by atoms with van der Waals surface area (Å²) >= 11 is 0. The van der Waals surface area contributed by atoms with E-state index in [1.54, 1.807) is 19.2 Å². The smallest absolute Gasteiger partial charge is 0.315 e. The van der Waals surface area contributed by atoms with Gasteiger partial charge in [0.2, 0.25) is 5.91 Å². The highest BCUT2D eigenvalue weighted by molar-refractivity contribution is 5.87. The standard InChI is InChI=1S/C13H19N3O2/c1-9(2)15-13(18)16-11(12(17)14-3)10-7-5-4-6-8-10/h4-9,11H,1-3H3,(H,14,17)(H2,15,16,18)/t11-/m1/s1. The van der Waals surface area contributed by atoms with Crippen LogP contribution in [0.4, 0.5) is 4.79 Å². The van der Waals surface area contributed by atoms with Crippen LogP contribution in [0.15, 0.2) is 30.3 Å². The van der Waals surface area contributed by atoms with Gasteiger partial charge in [0.25, 0.3) is 0 Å². The number of likely N-dealkylation sites (N-methyl/N-ethyl adjacent to an activating group) is 1. The van der Waals surface area contributed by atoms with Crippen LogP contribution in [0.25, 0.3) is 0 Å². The summed E-state index contributed by atoms with van der Waals surface area (Å²) in [6.07, 6.45) is 0. The molecule has 0 fully saturated rings. The number of carbonyl (C=O) groups excluding carboxylic acids is 2. The molecular weight excluding hydrogens is 230 g/mol. The first-order valence-electron chi connectivity index (χ1n) is 5.88. The maximum atomic E-state index is 11.8. The molecule has 0 saturated heterocycles. The minimum absolute atomic E-state index is 0.0195. The van der Waals surface area contributed by atoms with E-state index < -0.39 is 6.04 Å². The first kappa shape index (κ1) is 14.0. The van der Waals surface area contributed by atoms with Crippen LogP contribution in [0.3, 0.4) is 0 Å². The Balaban J connectivity index is 2.80. The lowest BCUT2D eigenvalue weighted by atomic mass is 10.1. The second kappa shape index (κ2) is 6.64. The van der Waals surface area contributed by atoms with E-state index in [0.717, 1.165) is 5.56 Å². The van der Waals surface area contributed by atoms with E-state index in [9.17, 15) is 9.59 Å². The van der Waals surface area contributed by atoms with Crippen molar-refractivity contribution >= 4 is 11.9 Å². The summed E-state index contributed by atoms with van der Waals surface area (Å²) in [4.78, 5) is 23.4. The van der Waals surface area contributed by atoms with Gasteiger partial charge in [0, 0.05) is 13.1 Å². The number of urea groups is 1. The molecule has 0 heterocycles. The predicted molar refractivity (Wildman–Crippen MR) is 70.1 cm³/mol. The molecule has 98 valence electrons. The molecule has 0 saturated carbocycles. The third-order valence-corrected chi connectivity index (χ3v) is 2.34. The largest absolute Gasteiger partial charge is 0.357 e. The molecule has 1 atom stereocenters. The summed E-state index contributed by atoms with van der Waals surface area (Å²) in [6.45, 7) is 3.72. The molecule has 0 aromatic heterocycles. The molecule has 1 aromatic rings. The summed E-state index contributed by atoms with van der Waals surface area (Å²) in [5.74, 6) is -0.250. The highest BCUT2D eigenvalue weighted by atomic mass is 16.2. The minimum atomic E-state index is -0.685. The van der Waals surface area contributed by atoms with Gasteiger partial charge in [-0.3, -0.25) is 4.79 Å². The van der Waals surface area contributed by atoms with Gasteiger partial charge in [0.05, 0.1) is 0 Å². The first-order chi connectivity index (χ1) is 8.54. The van der Waals surface area contributed by atoms with Crippen molar-refractivity contribution in [2.45, 2.75) is 25.9 Å². The quantitative estimate of drug-likeness (QED) is 0.750. The highest BCUT2D eigenvalue weighted by Gasteiger charge is 2.21. The van der Waals surface area contributed by atoms with Gasteiger partial charge in [-0.2, -0.15) is 0 Å². The van der Waals surface area contributed by atoms with Crippen molar-refractivity contribution in [2.24, 2.45) is 0 Å². The number of benzene rings is 1. The number of carbonyl (C=O) groups is 2. The van der Waals surface area contributed by atoms with Crippen molar-refractivity contribution in [3.8, 4) is 0 Å². The predicted octanol–water partition coefficient (Wildman–Crippen LogP) is 1.18. The third-order valence-electron chi connectivity index (χ3n) is 2.34. The Labute approximate surface area is 107 Å². The van der Waals surface area contributed by atoms with Crippen molar-refractivity contribution < 1.29 is 9.59 Å². The molecule has 0 aliphatic heterocycles. The minimum Gasteiger partial charge on any atom is -0.357 e. The van der Waals surface area contributed by atoms with E-state index in [-0.39, 0.29) is 18.0 Å². The van der Waals surface area contributed by atoms with Crippen molar-refractivity contribution in [2.75, 3.05) is 7.05 Å². The second-order valence-electron chi connectivity index (χ2n) is 4.23. The van der Waals surface area contributed by atoms with Crippen molar-refractivity contribution in [1.82, 2.24) is 16.0 Å². The van der Waals surface area contributed by atoms with Crippen molar-refractivity contribution in [1.29, 1.82) is 0 Å². The molecule has 1 aromatic carbocycles. The van der Waals surface area contributed by atoms with Crippen LogP contribution in [-0.2, 0) is 4.79 Å². The summed E-state index contributed by atoms with van der Waals surface area (Å²) in [6, 6.07) is 8.09. The molecular formula is C13H19N3O2. The van der Waals surface area contributed by atoms with Gasteiger partial charge >= 0.3 is 6.03 Å². The molecule has 1 rings (SSSR count). The summed E-state index contributed by atoms with van der Waals surface area (Å²) < 4.78 is 0. The number of nitrogens with one attached hydrogen (secondary N) is 3. The van der Waals surface area contributed by atoms with Crippen LogP contribution in [0, 0.1) is 0 Å². The third kappa shape index (κ3) is 4.08. The molecule has 0 bridgehead atoms. The molecule has 5 heteroatoms. The van der Waals surface area contributed by atoms with Gasteiger partial charge in [-0.05, 0) is 19.4 Å². The molecule has 18 heavy (non-hydrogen) atoms. The van der Waals surface area contributed by atoms with Gasteiger partial charge < -0.3 is 16.0 Å². The highest BCUT2D eigenvalue weighted by Crippen LogP contribution is 2.12. The summed E-state index contributed by atoms with van der Waals surface area (Å²) in [5.41, 5.74) is 0.746. The zero-order valence-corrected chi connectivity index (χ0v) is 10.9. The first-order valence-corrected chi connectivity index (χ1v) is 5.88. The SMILES string of the molecule is CNC(=O)[C@H](NC(=O)NC(C)C)c1ccccc1. The average molecular weight is 249 g/mol. The molecule has 3 amide bonds. The lowest BCUT2D eigenvalue weighted by Gasteiger charge is -2.19. The Morgan fingerprint density at radius 3 is 2.17 bits per heavy atom. The fraction of sp³-hybridized carbons (Fsp3) is 0.385. The van der Waals surface area contributed by atoms with Gasteiger partial charge in [0.1, 0.15) is 6.04 Å². The Bertz CT molecular complexity index is 404. The van der Waals surface area contributed by atoms with E-state index in [0.29, 0.717) is 0 Å². The van der Waals surface area contributed by atoms with Crippen LogP contribution in [0.1, 0.15) is 25.5 Å². The molecule has 0 radical (unpaired) electrons. The van der Waals surface area contributed by atoms with Gasteiger partial charge in [-0.25, -0.2) is 4.79 Å². The lowest BCUT2D eigenvalue weighted by molar-refractivity contribution is -0.122. The zero-order chi connectivity index (χ0) is 13.5. The Morgan fingerprint density at radius 2 is 1.67 bits per heavy atom. The molecule has 0 aliphatic rings. The van der Waals surface area contributed by atoms with Crippen LogP contribution in [0.2, 0.25) is 0 Å². The number of hydrogen-bond donors (Lipinski definition) is 3. The Morgan fingerprint density at radius 1 is 1.06 bits per heavy atom. The summed E-state index contributed by atoms with van der Waals surface area (Å²) in [7, 11) is 1.54. The monoisotopic (exact) mass is 249 g/mol. The normalized spacial score (nSPS) is 11.8. The number of hydrogen-bond acceptors (Lipinski definition) is 2. The fourth-order valence-electron chi connectivity index (χ4n) is 1.53. The molecule has 0 unspecified atom stereocenters. The van der Waals surface area contributed by atoms with Gasteiger partial charge in [-0.15, -0.1) is 0 Å². The molecule has 0 aliphatic carbocycles. The van der Waals surface area contributed by atoms with Crippen LogP contribution in [-0.4, -0.2) is 25.0 Å². The fourth-order valence-corrected chi connectivity index (χ4v) is 1.53. The maximum Gasteiger partial charge on any atom is 0.315 e. The van der Waals surface area contributed by atoms with Crippen LogP contribution >= 0.6 is 0 Å². The molecule has 5 nitrogen and oxygen atoms in total. The van der Waals surface area contributed by atoms with E-state index in [1.807, 2.05) is 32.0 Å². The Hall–Kier alpha value is -2.04. The lowest BCUT2D eigenvalue weighted by Crippen LogP contribution is -2.45. The Kier molecular flexibility index (Phi) is 5.17. The van der Waals surface area contributed by atoms with Gasteiger partial charge in [-0.1, -0.05) is 30.3 Å². The number of rotatable bonds is 4. The van der Waals surface area contributed by atoms with Crippen molar-refractivity contribution in [3.63, 3.8) is 0 Å². The number of amides is 3. The van der Waals surface area contributed by atoms with Crippen LogP contribution < -0.4 is 16.0 Å². The topological polar surface area (TPSA) is 70.2 Å². The molecule has 3 N–H and O–H groups in total. The summed E-state index contributed by atoms with van der Waals surface area (Å²) in [5, 5.41) is 7.89. The zero-order valence-electron chi connectivity index (χ0n) is 10.9. The van der Waals surface area contributed by atoms with Crippen LogP contribution in [0.5, 0.6) is 0 Å². The van der Waals surface area contributed by atoms with E-state index in [2.05, 4.69) is 16.0 Å². The second-order valence-corrected chi connectivity index (χ2v) is 4.23. The van der Waals surface area contributed by atoms with E-state index in [4.69, 9.17) is 0 Å². The average Bonchev–Trinajstić information content (AvgIpc) is 2.35. The van der Waals surface area contributed by atoms with Crippen molar-refractivity contribution in [3.05, 3.63) is 35.9 Å². The van der Waals surface area contributed by atoms with Gasteiger partial charge in [0.15, 0.2) is 0 Å². The maximum absolute atomic E-state index is 11.8. The molecule has 0 spiro atoms. The van der Waals surface area contributed by atoms with E-state index in [1.165, 1.54) is 0 Å².